The van der Waals surface area contributed by atoms with Crippen molar-refractivity contribution in [1.82, 2.24) is 24.0 Å². The molecule has 6 rings (SSSR count). The van der Waals surface area contributed by atoms with Crippen molar-refractivity contribution in [2.24, 2.45) is 7.05 Å². The molecule has 0 spiro atoms. The first-order chi connectivity index (χ1) is 18.1. The lowest BCUT2D eigenvalue weighted by Gasteiger charge is -2.35. The molecule has 3 heterocycles. The van der Waals surface area contributed by atoms with Crippen LogP contribution in [0.3, 0.4) is 0 Å². The maximum atomic E-state index is 12.9. The van der Waals surface area contributed by atoms with Crippen LogP contribution in [0.1, 0.15) is 11.1 Å². The van der Waals surface area contributed by atoms with Crippen molar-refractivity contribution in [2.75, 3.05) is 31.1 Å². The Bertz CT molecular complexity index is 1670. The highest BCUT2D eigenvalue weighted by molar-refractivity contribution is 5.85. The van der Waals surface area contributed by atoms with Gasteiger partial charge in [0.05, 0.1) is 0 Å². The molecule has 8 heteroatoms. The van der Waals surface area contributed by atoms with Gasteiger partial charge in [-0.15, -0.1) is 0 Å². The van der Waals surface area contributed by atoms with Gasteiger partial charge in [-0.2, -0.15) is 4.98 Å². The number of aryl methyl sites for hydroxylation is 3. The van der Waals surface area contributed by atoms with Gasteiger partial charge in [0, 0.05) is 46.3 Å². The third-order valence-corrected chi connectivity index (χ3v) is 7.38. The fourth-order valence-corrected chi connectivity index (χ4v) is 5.34. The van der Waals surface area contributed by atoms with E-state index in [-0.39, 0.29) is 5.56 Å². The van der Waals surface area contributed by atoms with Crippen LogP contribution in [0.2, 0.25) is 0 Å². The Morgan fingerprint density at radius 2 is 1.59 bits per heavy atom. The van der Waals surface area contributed by atoms with Crippen molar-refractivity contribution < 1.29 is 0 Å². The lowest BCUT2D eigenvalue weighted by Crippen LogP contribution is -2.47. The number of rotatable bonds is 6. The number of hydrogen-bond acceptors (Lipinski definition) is 5. The van der Waals surface area contributed by atoms with Crippen LogP contribution in [0.25, 0.3) is 21.9 Å². The summed E-state index contributed by atoms with van der Waals surface area (Å²) in [7, 11) is 1.65. The number of aromatic amines is 1. The maximum Gasteiger partial charge on any atom is 0.329 e. The van der Waals surface area contributed by atoms with E-state index in [9.17, 15) is 9.59 Å². The molecule has 5 aromatic rings. The molecule has 3 aromatic carbocycles. The van der Waals surface area contributed by atoms with E-state index in [0.717, 1.165) is 45.1 Å². The summed E-state index contributed by atoms with van der Waals surface area (Å²) >= 11 is 0. The summed E-state index contributed by atoms with van der Waals surface area (Å²) in [6.45, 7) is 4.87. The zero-order valence-corrected chi connectivity index (χ0v) is 20.9. The lowest BCUT2D eigenvalue weighted by atomic mass is 10.0. The third kappa shape index (κ3) is 4.44. The molecule has 188 valence electrons. The van der Waals surface area contributed by atoms with Crippen molar-refractivity contribution in [1.29, 1.82) is 0 Å². The number of nitrogens with zero attached hydrogens (tertiary/aromatic N) is 5. The Balaban J connectivity index is 1.27. The third-order valence-electron chi connectivity index (χ3n) is 7.38. The molecule has 1 N–H and O–H groups in total. The number of imidazole rings is 1. The molecule has 1 fully saturated rings. The van der Waals surface area contributed by atoms with E-state index in [4.69, 9.17) is 4.98 Å². The van der Waals surface area contributed by atoms with Crippen molar-refractivity contribution in [3.8, 4) is 0 Å². The second kappa shape index (κ2) is 9.71. The van der Waals surface area contributed by atoms with E-state index in [1.807, 2.05) is 22.8 Å². The van der Waals surface area contributed by atoms with E-state index in [1.165, 1.54) is 26.5 Å². The van der Waals surface area contributed by atoms with Gasteiger partial charge < -0.3 is 9.47 Å². The molecule has 1 aliphatic heterocycles. The molecule has 0 atom stereocenters. The first kappa shape index (κ1) is 23.2. The largest absolute Gasteiger partial charge is 0.340 e. The second-order valence-corrected chi connectivity index (χ2v) is 9.69. The number of nitrogens with one attached hydrogen (secondary N) is 1. The predicted octanol–water partition coefficient (Wildman–Crippen LogP) is 3.14. The molecular formula is C29H30N6O2. The Morgan fingerprint density at radius 3 is 2.41 bits per heavy atom. The summed E-state index contributed by atoms with van der Waals surface area (Å²) in [5, 5.41) is 2.57. The number of hydrogen-bond donors (Lipinski definition) is 1. The monoisotopic (exact) mass is 494 g/mol. The first-order valence-electron chi connectivity index (χ1n) is 12.8. The standard InChI is InChI=1S/C29H30N6O2/c1-32-26-25(27(36)31-29(32)37)35(15-14-21-8-3-2-4-9-21)28(30-26)34-18-16-33(17-19-34)20-23-12-7-11-22-10-5-6-13-24(22)23/h2-13H,14-20H2,1H3,(H,31,36,37). The molecule has 1 aliphatic rings. The van der Waals surface area contributed by atoms with Crippen molar-refractivity contribution in [3.05, 3.63) is 105 Å². The smallest absolute Gasteiger partial charge is 0.329 e. The Kier molecular flexibility index (Phi) is 6.10. The molecule has 0 unspecified atom stereocenters. The number of H-pyrrole nitrogens is 1. The van der Waals surface area contributed by atoms with Crippen LogP contribution in [0.4, 0.5) is 5.95 Å². The topological polar surface area (TPSA) is 79.2 Å². The van der Waals surface area contributed by atoms with E-state index in [2.05, 4.69) is 69.4 Å². The average Bonchev–Trinajstić information content (AvgIpc) is 3.32. The molecule has 0 radical (unpaired) electrons. The molecular weight excluding hydrogens is 464 g/mol. The first-order valence-corrected chi connectivity index (χ1v) is 12.8. The van der Waals surface area contributed by atoms with Crippen LogP contribution in [0.5, 0.6) is 0 Å². The number of aromatic nitrogens is 4. The van der Waals surface area contributed by atoms with Crippen LogP contribution >= 0.6 is 0 Å². The van der Waals surface area contributed by atoms with E-state index in [1.54, 1.807) is 7.05 Å². The molecule has 37 heavy (non-hydrogen) atoms. The Labute approximate surface area is 214 Å². The molecule has 1 saturated heterocycles. The molecule has 0 bridgehead atoms. The lowest BCUT2D eigenvalue weighted by molar-refractivity contribution is 0.249. The van der Waals surface area contributed by atoms with Crippen molar-refractivity contribution in [3.63, 3.8) is 0 Å². The summed E-state index contributed by atoms with van der Waals surface area (Å²) in [6.07, 6.45) is 0.766. The molecule has 8 nitrogen and oxygen atoms in total. The highest BCUT2D eigenvalue weighted by Crippen LogP contribution is 2.24. The van der Waals surface area contributed by atoms with Gasteiger partial charge in [0.15, 0.2) is 11.2 Å². The van der Waals surface area contributed by atoms with Gasteiger partial charge in [-0.25, -0.2) is 4.79 Å². The van der Waals surface area contributed by atoms with Crippen LogP contribution in [-0.2, 0) is 26.6 Å². The minimum absolute atomic E-state index is 0.389. The van der Waals surface area contributed by atoms with Crippen LogP contribution in [0, 0.1) is 0 Å². The fourth-order valence-electron chi connectivity index (χ4n) is 5.34. The van der Waals surface area contributed by atoms with Crippen LogP contribution in [-0.4, -0.2) is 50.2 Å². The zero-order chi connectivity index (χ0) is 25.4. The highest BCUT2D eigenvalue weighted by Gasteiger charge is 2.25. The Hall–Kier alpha value is -4.17. The number of benzene rings is 3. The molecule has 0 aliphatic carbocycles. The number of anilines is 1. The van der Waals surface area contributed by atoms with E-state index < -0.39 is 5.69 Å². The highest BCUT2D eigenvalue weighted by atomic mass is 16.2. The zero-order valence-electron chi connectivity index (χ0n) is 20.9. The Morgan fingerprint density at radius 1 is 0.865 bits per heavy atom. The van der Waals surface area contributed by atoms with Gasteiger partial charge in [-0.05, 0) is 28.3 Å². The predicted molar refractivity (Wildman–Crippen MR) is 147 cm³/mol. The van der Waals surface area contributed by atoms with Gasteiger partial charge >= 0.3 is 5.69 Å². The average molecular weight is 495 g/mol. The second-order valence-electron chi connectivity index (χ2n) is 9.69. The SMILES string of the molecule is Cn1c(=O)[nH]c(=O)c2c1nc(N1CCN(Cc3cccc4ccccc34)CC1)n2CCc1ccccc1. The summed E-state index contributed by atoms with van der Waals surface area (Å²) in [6, 6.07) is 25.2. The van der Waals surface area contributed by atoms with Gasteiger partial charge in [0.25, 0.3) is 5.56 Å². The van der Waals surface area contributed by atoms with E-state index in [0.29, 0.717) is 17.7 Å². The van der Waals surface area contributed by atoms with Crippen LogP contribution < -0.4 is 16.1 Å². The normalized spacial score (nSPS) is 14.6. The van der Waals surface area contributed by atoms with Gasteiger partial charge in [-0.1, -0.05) is 72.8 Å². The van der Waals surface area contributed by atoms with Gasteiger partial charge in [0.2, 0.25) is 5.95 Å². The van der Waals surface area contributed by atoms with Crippen molar-refractivity contribution in [2.45, 2.75) is 19.5 Å². The summed E-state index contributed by atoms with van der Waals surface area (Å²) in [5.74, 6) is 0.752. The maximum absolute atomic E-state index is 12.9. The summed E-state index contributed by atoms with van der Waals surface area (Å²) in [5.41, 5.74) is 2.57. The molecule has 0 amide bonds. The number of fused-ring (bicyclic) bond motifs is 2. The molecule has 0 saturated carbocycles. The van der Waals surface area contributed by atoms with Crippen LogP contribution in [0.15, 0.2) is 82.4 Å². The summed E-state index contributed by atoms with van der Waals surface area (Å²) in [4.78, 5) is 37.2. The summed E-state index contributed by atoms with van der Waals surface area (Å²) < 4.78 is 3.41. The fraction of sp³-hybridized carbons (Fsp3) is 0.276. The van der Waals surface area contributed by atoms with Crippen molar-refractivity contribution >= 4 is 27.9 Å². The van der Waals surface area contributed by atoms with Gasteiger partial charge in [0.1, 0.15) is 0 Å². The number of piperazine rings is 1. The van der Waals surface area contributed by atoms with Gasteiger partial charge in [-0.3, -0.25) is 19.2 Å². The molecule has 2 aromatic heterocycles. The minimum atomic E-state index is -0.448. The minimum Gasteiger partial charge on any atom is -0.340 e. The van der Waals surface area contributed by atoms with E-state index >= 15 is 0 Å². The quantitative estimate of drug-likeness (QED) is 0.392.